The summed E-state index contributed by atoms with van der Waals surface area (Å²) in [5.41, 5.74) is 1.29. The first-order chi connectivity index (χ1) is 21.9. The number of aromatic hydroxyl groups is 2. The third-order valence-corrected chi connectivity index (χ3v) is 8.19. The quantitative estimate of drug-likeness (QED) is 0.163. The fraction of sp³-hybridized carbons (Fsp3) is 0.324. The molecular weight excluding hydrogens is 582 g/mol. The van der Waals surface area contributed by atoms with Crippen molar-refractivity contribution in [3.8, 4) is 11.5 Å². The van der Waals surface area contributed by atoms with Crippen LogP contribution < -0.4 is 10.6 Å². The molecule has 1 saturated carbocycles. The standard InChI is InChI=1S/C37H41N3O6/c1-23-9-7-14-30(33(23)42)32(34(43)38-27-18-17-25-10-5-6-11-26(25)22-27)40(28-12-8-13-28)35(44)31(39-36(45)46-37(2,3)4)21-24-15-19-29(41)20-16-24/h5-7,9-11,14-20,22,28,31-32,41-42H,8,12-13,21H2,1-4H3,(H,38,43)(H,39,45). The van der Waals surface area contributed by atoms with Crippen LogP contribution in [0, 0.1) is 6.92 Å². The lowest BCUT2D eigenvalue weighted by Crippen LogP contribution is -2.57. The molecule has 4 aromatic carbocycles. The van der Waals surface area contributed by atoms with Crippen LogP contribution in [0.4, 0.5) is 10.5 Å². The molecule has 0 radical (unpaired) electrons. The first-order valence-corrected chi connectivity index (χ1v) is 15.6. The van der Waals surface area contributed by atoms with Crippen LogP contribution in [0.25, 0.3) is 10.8 Å². The third kappa shape index (κ3) is 7.59. The molecule has 2 unspecified atom stereocenters. The molecule has 5 rings (SSSR count). The summed E-state index contributed by atoms with van der Waals surface area (Å²) in [7, 11) is 0. The summed E-state index contributed by atoms with van der Waals surface area (Å²) in [5.74, 6) is -0.975. The van der Waals surface area contributed by atoms with Gasteiger partial charge in [-0.05, 0) is 93.1 Å². The van der Waals surface area contributed by atoms with Crippen molar-refractivity contribution in [1.29, 1.82) is 0 Å². The zero-order chi connectivity index (χ0) is 33.0. The summed E-state index contributed by atoms with van der Waals surface area (Å²) in [5, 5.41) is 28.8. The molecule has 0 aliphatic heterocycles. The van der Waals surface area contributed by atoms with Crippen molar-refractivity contribution in [2.75, 3.05) is 5.32 Å². The molecular formula is C37H41N3O6. The molecule has 4 N–H and O–H groups in total. The van der Waals surface area contributed by atoms with Gasteiger partial charge in [-0.3, -0.25) is 9.59 Å². The number of alkyl carbamates (subject to hydrolysis) is 1. The Morgan fingerprint density at radius 1 is 0.913 bits per heavy atom. The Labute approximate surface area is 269 Å². The van der Waals surface area contributed by atoms with Gasteiger partial charge >= 0.3 is 6.09 Å². The Morgan fingerprint density at radius 3 is 2.26 bits per heavy atom. The monoisotopic (exact) mass is 623 g/mol. The van der Waals surface area contributed by atoms with E-state index < -0.39 is 35.6 Å². The Kier molecular flexibility index (Phi) is 9.51. The Balaban J connectivity index is 1.56. The highest BCUT2D eigenvalue weighted by molar-refractivity contribution is 6.01. The minimum atomic E-state index is -1.20. The molecule has 2 atom stereocenters. The number of anilines is 1. The molecule has 9 heteroatoms. The maximum absolute atomic E-state index is 14.7. The number of carbonyl (C=O) groups excluding carboxylic acids is 3. The highest BCUT2D eigenvalue weighted by Crippen LogP contribution is 2.38. The first-order valence-electron chi connectivity index (χ1n) is 15.6. The summed E-state index contributed by atoms with van der Waals surface area (Å²) in [4.78, 5) is 43.7. The minimum absolute atomic E-state index is 0.0724. The summed E-state index contributed by atoms with van der Waals surface area (Å²) < 4.78 is 5.52. The molecule has 9 nitrogen and oxygen atoms in total. The summed E-state index contributed by atoms with van der Waals surface area (Å²) in [6.45, 7) is 6.94. The van der Waals surface area contributed by atoms with Crippen molar-refractivity contribution >= 4 is 34.4 Å². The van der Waals surface area contributed by atoms with E-state index in [0.717, 1.165) is 17.2 Å². The van der Waals surface area contributed by atoms with Gasteiger partial charge in [-0.2, -0.15) is 0 Å². The number of carbonyl (C=O) groups is 3. The van der Waals surface area contributed by atoms with Gasteiger partial charge in [0.25, 0.3) is 5.91 Å². The highest BCUT2D eigenvalue weighted by atomic mass is 16.6. The van der Waals surface area contributed by atoms with Crippen LogP contribution in [0.3, 0.4) is 0 Å². The van der Waals surface area contributed by atoms with Gasteiger partial charge in [0.15, 0.2) is 0 Å². The number of phenolic OH excluding ortho intramolecular Hbond substituents is 2. The van der Waals surface area contributed by atoms with Crippen LogP contribution in [0.5, 0.6) is 11.5 Å². The summed E-state index contributed by atoms with van der Waals surface area (Å²) in [6.07, 6.45) is 1.51. The number of rotatable bonds is 9. The van der Waals surface area contributed by atoms with Gasteiger partial charge in [0.2, 0.25) is 5.91 Å². The average molecular weight is 624 g/mol. The number of para-hydroxylation sites is 1. The summed E-state index contributed by atoms with van der Waals surface area (Å²) in [6, 6.07) is 22.3. The SMILES string of the molecule is Cc1cccc(C(C(=O)Nc2ccc3ccccc3c2)N(C(=O)C(Cc2ccc(O)cc2)NC(=O)OC(C)(C)C)C2CCC2)c1O. The number of hydrogen-bond acceptors (Lipinski definition) is 6. The number of amides is 3. The lowest BCUT2D eigenvalue weighted by atomic mass is 9.87. The van der Waals surface area contributed by atoms with Gasteiger partial charge in [0.05, 0.1) is 0 Å². The lowest BCUT2D eigenvalue weighted by Gasteiger charge is -2.43. The number of fused-ring (bicyclic) bond motifs is 1. The normalized spacial score (nSPS) is 14.5. The molecule has 0 saturated heterocycles. The molecule has 0 aromatic heterocycles. The second kappa shape index (κ2) is 13.5. The number of ether oxygens (including phenoxy) is 1. The van der Waals surface area contributed by atoms with E-state index in [0.29, 0.717) is 35.2 Å². The number of phenols is 2. The number of benzene rings is 4. The zero-order valence-corrected chi connectivity index (χ0v) is 26.6. The van der Waals surface area contributed by atoms with Crippen molar-refractivity contribution in [3.05, 3.63) is 102 Å². The molecule has 4 aromatic rings. The second-order valence-corrected chi connectivity index (χ2v) is 12.9. The Morgan fingerprint density at radius 2 is 1.61 bits per heavy atom. The van der Waals surface area contributed by atoms with Gasteiger partial charge in [-0.15, -0.1) is 0 Å². The lowest BCUT2D eigenvalue weighted by molar-refractivity contribution is -0.145. The average Bonchev–Trinajstić information content (AvgIpc) is 2.97. The van der Waals surface area contributed by atoms with E-state index in [1.165, 1.54) is 17.0 Å². The van der Waals surface area contributed by atoms with Gasteiger partial charge in [0.1, 0.15) is 29.2 Å². The Hall–Kier alpha value is -5.05. The predicted octanol–water partition coefficient (Wildman–Crippen LogP) is 6.76. The number of nitrogens with one attached hydrogen (secondary N) is 2. The maximum atomic E-state index is 14.7. The van der Waals surface area contributed by atoms with Crippen LogP contribution in [0.15, 0.2) is 84.9 Å². The highest BCUT2D eigenvalue weighted by Gasteiger charge is 2.43. The largest absolute Gasteiger partial charge is 0.508 e. The smallest absolute Gasteiger partial charge is 0.408 e. The number of nitrogens with zero attached hydrogens (tertiary/aromatic N) is 1. The summed E-state index contributed by atoms with van der Waals surface area (Å²) >= 11 is 0. The van der Waals surface area contributed by atoms with Crippen molar-refractivity contribution < 1.29 is 29.3 Å². The predicted molar refractivity (Wildman–Crippen MR) is 178 cm³/mol. The third-order valence-electron chi connectivity index (χ3n) is 8.19. The fourth-order valence-electron chi connectivity index (χ4n) is 5.68. The minimum Gasteiger partial charge on any atom is -0.508 e. The van der Waals surface area contributed by atoms with Gasteiger partial charge in [-0.25, -0.2) is 4.79 Å². The van der Waals surface area contributed by atoms with Crippen LogP contribution in [0.2, 0.25) is 0 Å². The number of aryl methyl sites for hydroxylation is 1. The molecule has 0 bridgehead atoms. The molecule has 3 amide bonds. The van der Waals surface area contributed by atoms with Gasteiger partial charge in [0, 0.05) is 23.7 Å². The van der Waals surface area contributed by atoms with E-state index in [9.17, 15) is 24.6 Å². The zero-order valence-electron chi connectivity index (χ0n) is 26.6. The Bertz CT molecular complexity index is 1730. The van der Waals surface area contributed by atoms with Crippen molar-refractivity contribution in [1.82, 2.24) is 10.2 Å². The van der Waals surface area contributed by atoms with E-state index in [2.05, 4.69) is 10.6 Å². The first kappa shape index (κ1) is 32.3. The van der Waals surface area contributed by atoms with Crippen molar-refractivity contribution in [3.63, 3.8) is 0 Å². The van der Waals surface area contributed by atoms with E-state index in [1.807, 2.05) is 36.4 Å². The van der Waals surface area contributed by atoms with Crippen LogP contribution in [-0.2, 0) is 20.7 Å². The molecule has 240 valence electrons. The van der Waals surface area contributed by atoms with Crippen LogP contribution in [0.1, 0.15) is 62.8 Å². The van der Waals surface area contributed by atoms with Crippen molar-refractivity contribution in [2.45, 2.75) is 77.1 Å². The van der Waals surface area contributed by atoms with E-state index in [4.69, 9.17) is 4.74 Å². The molecule has 46 heavy (non-hydrogen) atoms. The maximum Gasteiger partial charge on any atom is 0.408 e. The molecule has 1 aliphatic carbocycles. The molecule has 1 fully saturated rings. The second-order valence-electron chi connectivity index (χ2n) is 12.9. The van der Waals surface area contributed by atoms with Gasteiger partial charge in [-0.1, -0.05) is 60.7 Å². The fourth-order valence-corrected chi connectivity index (χ4v) is 5.68. The van der Waals surface area contributed by atoms with E-state index in [-0.39, 0.29) is 24.0 Å². The van der Waals surface area contributed by atoms with E-state index in [1.54, 1.807) is 64.1 Å². The number of hydrogen-bond donors (Lipinski definition) is 4. The van der Waals surface area contributed by atoms with Crippen LogP contribution >= 0.6 is 0 Å². The van der Waals surface area contributed by atoms with Gasteiger partial charge < -0.3 is 30.5 Å². The van der Waals surface area contributed by atoms with E-state index >= 15 is 0 Å². The van der Waals surface area contributed by atoms with Crippen LogP contribution in [-0.4, -0.2) is 50.7 Å². The van der Waals surface area contributed by atoms with Crippen molar-refractivity contribution in [2.24, 2.45) is 0 Å². The molecule has 1 aliphatic rings. The molecule has 0 spiro atoms. The topological polar surface area (TPSA) is 128 Å². The molecule has 0 heterocycles.